The highest BCUT2D eigenvalue weighted by Crippen LogP contribution is 2.58. The van der Waals surface area contributed by atoms with Crippen molar-refractivity contribution < 1.29 is 63.2 Å². The third-order valence-electron chi connectivity index (χ3n) is 5.41. The molecular weight excluding hydrogens is 434 g/mol. The quantitative estimate of drug-likeness (QED) is 0.651. The second-order valence-corrected chi connectivity index (χ2v) is 7.44. The van der Waals surface area contributed by atoms with Crippen LogP contribution in [-0.2, 0) is 14.2 Å². The van der Waals surface area contributed by atoms with Crippen LogP contribution >= 0.6 is 0 Å². The van der Waals surface area contributed by atoms with E-state index in [0.29, 0.717) is 6.92 Å². The van der Waals surface area contributed by atoms with Gasteiger partial charge in [-0.2, -0.15) is 43.9 Å². The highest BCUT2D eigenvalue weighted by atomic mass is 19.4. The first-order chi connectivity index (χ1) is 12.8. The fraction of sp³-hybridized carbons (Fsp3) is 1.00. The van der Waals surface area contributed by atoms with Gasteiger partial charge in [0.15, 0.2) is 0 Å². The van der Waals surface area contributed by atoms with Crippen LogP contribution in [0.2, 0.25) is 0 Å². The average Bonchev–Trinajstić information content (AvgIpc) is 2.52. The van der Waals surface area contributed by atoms with Crippen molar-refractivity contribution in [3.8, 4) is 0 Å². The first-order valence-electron chi connectivity index (χ1n) is 8.32. The molecule has 0 aromatic heterocycles. The summed E-state index contributed by atoms with van der Waals surface area (Å²) in [4.78, 5) is 0. The van der Waals surface area contributed by atoms with E-state index in [9.17, 15) is 49.0 Å². The van der Waals surface area contributed by atoms with E-state index < -0.39 is 79.8 Å². The molecule has 0 aromatic carbocycles. The third-order valence-corrected chi connectivity index (χ3v) is 5.41. The second-order valence-electron chi connectivity index (χ2n) is 7.44. The van der Waals surface area contributed by atoms with E-state index in [1.54, 1.807) is 0 Å². The molecule has 2 fully saturated rings. The number of hydrogen-bond acceptors (Lipinski definition) is 4. The Morgan fingerprint density at radius 3 is 2.00 bits per heavy atom. The first-order valence-corrected chi connectivity index (χ1v) is 8.32. The Balaban J connectivity index is 2.43. The minimum Gasteiger partial charge on any atom is -0.354 e. The molecule has 0 amide bonds. The van der Waals surface area contributed by atoms with Crippen LogP contribution in [0, 0.1) is 11.3 Å². The van der Waals surface area contributed by atoms with Crippen LogP contribution in [-0.4, -0.2) is 60.7 Å². The zero-order valence-corrected chi connectivity index (χ0v) is 15.1. The highest BCUT2D eigenvalue weighted by molar-refractivity contribution is 5.06. The largest absolute Gasteiger partial charge is 0.449 e. The topological polar surface area (TPSA) is 47.9 Å². The Bertz CT molecular complexity index is 621. The van der Waals surface area contributed by atoms with Crippen molar-refractivity contribution in [2.45, 2.75) is 62.5 Å². The van der Waals surface area contributed by atoms with Gasteiger partial charge >= 0.3 is 35.8 Å². The molecule has 0 spiro atoms. The lowest BCUT2D eigenvalue weighted by Gasteiger charge is -2.52. The van der Waals surface area contributed by atoms with Gasteiger partial charge in [-0.25, -0.2) is 0 Å². The van der Waals surface area contributed by atoms with E-state index in [1.165, 1.54) is 0 Å². The SMILES string of the molecule is C[C@H]1CCO[C@@](OCC2(C)CCOC(O)(C(F)(F)F)C2(F)F)(C(F)(F)F)C1(F)F. The predicted molar refractivity (Wildman–Crippen MR) is 74.0 cm³/mol. The molecule has 2 saturated heterocycles. The maximum absolute atomic E-state index is 14.6. The lowest BCUT2D eigenvalue weighted by molar-refractivity contribution is -0.488. The fourth-order valence-electron chi connectivity index (χ4n) is 3.24. The van der Waals surface area contributed by atoms with Gasteiger partial charge in [0.2, 0.25) is 0 Å². The number of alkyl halides is 10. The summed E-state index contributed by atoms with van der Waals surface area (Å²) in [6, 6.07) is 0. The van der Waals surface area contributed by atoms with E-state index in [4.69, 9.17) is 0 Å². The summed E-state index contributed by atoms with van der Waals surface area (Å²) in [7, 11) is 0. The molecule has 0 saturated carbocycles. The van der Waals surface area contributed by atoms with Crippen LogP contribution in [0.3, 0.4) is 0 Å². The maximum Gasteiger partial charge on any atom is 0.449 e. The molecule has 29 heavy (non-hydrogen) atoms. The molecule has 0 aromatic rings. The van der Waals surface area contributed by atoms with Gasteiger partial charge in [-0.3, -0.25) is 0 Å². The van der Waals surface area contributed by atoms with Crippen molar-refractivity contribution in [1.29, 1.82) is 0 Å². The Morgan fingerprint density at radius 1 is 0.966 bits per heavy atom. The molecule has 2 heterocycles. The Labute approximate surface area is 158 Å². The van der Waals surface area contributed by atoms with E-state index >= 15 is 0 Å². The second kappa shape index (κ2) is 6.82. The van der Waals surface area contributed by atoms with Crippen molar-refractivity contribution in [1.82, 2.24) is 0 Å². The number of rotatable bonds is 3. The van der Waals surface area contributed by atoms with Crippen molar-refractivity contribution in [2.75, 3.05) is 19.8 Å². The van der Waals surface area contributed by atoms with Crippen LogP contribution in [0.25, 0.3) is 0 Å². The van der Waals surface area contributed by atoms with Gasteiger partial charge in [0, 0.05) is 5.92 Å². The summed E-state index contributed by atoms with van der Waals surface area (Å²) < 4.78 is 150. The van der Waals surface area contributed by atoms with Gasteiger partial charge in [0.05, 0.1) is 25.2 Å². The van der Waals surface area contributed by atoms with Crippen LogP contribution in [0.4, 0.5) is 43.9 Å². The summed E-state index contributed by atoms with van der Waals surface area (Å²) in [5.41, 5.74) is -3.14. The van der Waals surface area contributed by atoms with E-state index in [1.807, 2.05) is 0 Å². The van der Waals surface area contributed by atoms with E-state index in [2.05, 4.69) is 14.2 Å². The molecule has 172 valence electrons. The minimum atomic E-state index is -6.03. The summed E-state index contributed by atoms with van der Waals surface area (Å²) in [5, 5.41) is 9.42. The number of ether oxygens (including phenoxy) is 3. The van der Waals surface area contributed by atoms with Crippen LogP contribution < -0.4 is 0 Å². The smallest absolute Gasteiger partial charge is 0.354 e. The van der Waals surface area contributed by atoms with Gasteiger partial charge < -0.3 is 19.3 Å². The number of aliphatic hydroxyl groups is 1. The van der Waals surface area contributed by atoms with Crippen LogP contribution in [0.15, 0.2) is 0 Å². The minimum absolute atomic E-state index is 0.376. The molecule has 2 aliphatic heterocycles. The summed E-state index contributed by atoms with van der Waals surface area (Å²) in [6.45, 7) is -2.78. The lowest BCUT2D eigenvalue weighted by atomic mass is 9.74. The predicted octanol–water partition coefficient (Wildman–Crippen LogP) is 4.27. The molecule has 0 radical (unpaired) electrons. The first kappa shape index (κ1) is 24.4. The Hall–Kier alpha value is -0.860. The van der Waals surface area contributed by atoms with Crippen LogP contribution in [0.5, 0.6) is 0 Å². The van der Waals surface area contributed by atoms with Gasteiger partial charge in [-0.1, -0.05) is 13.8 Å². The highest BCUT2D eigenvalue weighted by Gasteiger charge is 2.80. The number of hydrogen-bond donors (Lipinski definition) is 1. The maximum atomic E-state index is 14.6. The van der Waals surface area contributed by atoms with Crippen molar-refractivity contribution in [3.05, 3.63) is 0 Å². The standard InChI is InChI=1S/C15H18F10O4/c1-8-3-5-28-13(10(8,16)17,15(23,24)25)29-7-9(2)4-6-27-12(26,11(9,18)19)14(20,21)22/h8,26H,3-7H2,1-2H3/t8-,9?,12?,13-/m0/s1. The van der Waals surface area contributed by atoms with E-state index in [0.717, 1.165) is 6.92 Å². The molecular formula is C15H18F10O4. The van der Waals surface area contributed by atoms with E-state index in [-0.39, 0.29) is 0 Å². The molecule has 0 aliphatic carbocycles. The third kappa shape index (κ3) is 3.30. The molecule has 2 unspecified atom stereocenters. The zero-order chi connectivity index (χ0) is 22.7. The van der Waals surface area contributed by atoms with Gasteiger partial charge in [0.25, 0.3) is 0 Å². The molecule has 1 N–H and O–H groups in total. The van der Waals surface area contributed by atoms with Crippen molar-refractivity contribution >= 4 is 0 Å². The summed E-state index contributed by atoms with van der Waals surface area (Å²) in [6.07, 6.45) is -13.4. The average molecular weight is 452 g/mol. The molecule has 0 bridgehead atoms. The monoisotopic (exact) mass is 452 g/mol. The molecule has 4 atom stereocenters. The van der Waals surface area contributed by atoms with Crippen molar-refractivity contribution in [3.63, 3.8) is 0 Å². The Kier molecular flexibility index (Phi) is 5.74. The molecule has 2 aliphatic rings. The normalized spacial score (nSPS) is 40.7. The molecule has 4 nitrogen and oxygen atoms in total. The van der Waals surface area contributed by atoms with Crippen molar-refractivity contribution in [2.24, 2.45) is 11.3 Å². The zero-order valence-electron chi connectivity index (χ0n) is 15.1. The molecule has 2 rings (SSSR count). The van der Waals surface area contributed by atoms with Gasteiger partial charge in [0.1, 0.15) is 0 Å². The number of halogens is 10. The summed E-state index contributed by atoms with van der Waals surface area (Å²) >= 11 is 0. The van der Waals surface area contributed by atoms with Gasteiger partial charge in [-0.15, -0.1) is 0 Å². The Morgan fingerprint density at radius 2 is 1.52 bits per heavy atom. The molecule has 14 heteroatoms. The lowest BCUT2D eigenvalue weighted by Crippen LogP contribution is -2.72. The van der Waals surface area contributed by atoms with Crippen LogP contribution in [0.1, 0.15) is 26.7 Å². The fourth-order valence-corrected chi connectivity index (χ4v) is 3.24. The summed E-state index contributed by atoms with van der Waals surface area (Å²) in [5.74, 6) is -21.6. The van der Waals surface area contributed by atoms with Gasteiger partial charge in [-0.05, 0) is 12.8 Å².